The number of rotatable bonds is 3. The molecule has 134 valence electrons. The lowest BCUT2D eigenvalue weighted by molar-refractivity contribution is 0.333. The van der Waals surface area contributed by atoms with Crippen LogP contribution in [0.3, 0.4) is 0 Å². The Kier molecular flexibility index (Phi) is 4.98. The molecule has 0 spiro atoms. The van der Waals surface area contributed by atoms with E-state index in [9.17, 15) is 8.42 Å². The maximum atomic E-state index is 13.5. The molecule has 1 saturated heterocycles. The second-order valence-electron chi connectivity index (χ2n) is 7.13. The first-order valence-electron chi connectivity index (χ1n) is 9.33. The van der Waals surface area contributed by atoms with Crippen molar-refractivity contribution in [1.82, 2.24) is 4.31 Å². The molecular weight excluding hydrogens is 350 g/mol. The van der Waals surface area contributed by atoms with Crippen molar-refractivity contribution in [1.29, 1.82) is 0 Å². The third-order valence-corrected chi connectivity index (χ3v) is 8.38. The number of sulfonamides is 1. The van der Waals surface area contributed by atoms with Crippen LogP contribution in [0.4, 0.5) is 0 Å². The van der Waals surface area contributed by atoms with Crippen molar-refractivity contribution in [3.63, 3.8) is 0 Å². The SMILES string of the molecule is O=S(=O)(c1ccc2c(c1)CCCC2)N1CCCCCC1c1cccs1. The van der Waals surface area contributed by atoms with Crippen molar-refractivity contribution < 1.29 is 8.42 Å². The summed E-state index contributed by atoms with van der Waals surface area (Å²) in [5.74, 6) is 0. The van der Waals surface area contributed by atoms with E-state index >= 15 is 0 Å². The molecule has 1 unspecified atom stereocenters. The van der Waals surface area contributed by atoms with E-state index in [1.807, 2.05) is 29.6 Å². The highest BCUT2D eigenvalue weighted by atomic mass is 32.2. The van der Waals surface area contributed by atoms with Crippen LogP contribution in [0.5, 0.6) is 0 Å². The highest BCUT2D eigenvalue weighted by Gasteiger charge is 2.34. The fraction of sp³-hybridized carbons (Fsp3) is 0.500. The maximum absolute atomic E-state index is 13.5. The fourth-order valence-corrected chi connectivity index (χ4v) is 6.81. The quantitative estimate of drug-likeness (QED) is 0.762. The molecule has 25 heavy (non-hydrogen) atoms. The maximum Gasteiger partial charge on any atom is 0.243 e. The van der Waals surface area contributed by atoms with Gasteiger partial charge in [0.2, 0.25) is 10.0 Å². The average molecular weight is 376 g/mol. The molecule has 1 aromatic carbocycles. The zero-order valence-corrected chi connectivity index (χ0v) is 16.1. The second kappa shape index (κ2) is 7.22. The average Bonchev–Trinajstić information content (AvgIpc) is 3.05. The summed E-state index contributed by atoms with van der Waals surface area (Å²) in [5, 5.41) is 2.05. The smallest absolute Gasteiger partial charge is 0.207 e. The Morgan fingerprint density at radius 3 is 2.60 bits per heavy atom. The molecule has 4 rings (SSSR count). The van der Waals surface area contributed by atoms with Crippen LogP contribution >= 0.6 is 11.3 Å². The Hall–Kier alpha value is -1.17. The van der Waals surface area contributed by atoms with Gasteiger partial charge in [0.05, 0.1) is 10.9 Å². The van der Waals surface area contributed by atoms with Crippen LogP contribution in [0.25, 0.3) is 0 Å². The topological polar surface area (TPSA) is 37.4 Å². The molecule has 2 heterocycles. The van der Waals surface area contributed by atoms with E-state index in [0.717, 1.165) is 44.9 Å². The first-order valence-corrected chi connectivity index (χ1v) is 11.7. The van der Waals surface area contributed by atoms with Crippen LogP contribution in [0, 0.1) is 0 Å². The third kappa shape index (κ3) is 3.42. The van der Waals surface area contributed by atoms with Crippen molar-refractivity contribution in [2.75, 3.05) is 6.54 Å². The predicted octanol–water partition coefficient (Wildman–Crippen LogP) is 4.93. The zero-order valence-electron chi connectivity index (χ0n) is 14.5. The Morgan fingerprint density at radius 2 is 1.80 bits per heavy atom. The van der Waals surface area contributed by atoms with Gasteiger partial charge >= 0.3 is 0 Å². The highest BCUT2D eigenvalue weighted by Crippen LogP contribution is 2.37. The van der Waals surface area contributed by atoms with Gasteiger partial charge in [0.15, 0.2) is 0 Å². The fourth-order valence-electron chi connectivity index (χ4n) is 4.14. The van der Waals surface area contributed by atoms with Crippen LogP contribution in [0.2, 0.25) is 0 Å². The molecule has 2 aromatic rings. The molecule has 0 amide bonds. The van der Waals surface area contributed by atoms with Crippen molar-refractivity contribution >= 4 is 21.4 Å². The van der Waals surface area contributed by atoms with Gasteiger partial charge in [-0.3, -0.25) is 0 Å². The number of nitrogens with zero attached hydrogens (tertiary/aromatic N) is 1. The number of hydrogen-bond donors (Lipinski definition) is 0. The Bertz CT molecular complexity index is 827. The lowest BCUT2D eigenvalue weighted by Crippen LogP contribution is -2.34. The first kappa shape index (κ1) is 17.3. The molecule has 1 atom stereocenters. The molecule has 0 radical (unpaired) electrons. The van der Waals surface area contributed by atoms with Crippen LogP contribution in [-0.4, -0.2) is 19.3 Å². The summed E-state index contributed by atoms with van der Waals surface area (Å²) in [6.45, 7) is 0.627. The van der Waals surface area contributed by atoms with Gasteiger partial charge in [-0.05, 0) is 73.2 Å². The van der Waals surface area contributed by atoms with Gasteiger partial charge in [-0.2, -0.15) is 4.31 Å². The monoisotopic (exact) mass is 375 g/mol. The van der Waals surface area contributed by atoms with Crippen LogP contribution in [0.15, 0.2) is 40.6 Å². The molecule has 1 fully saturated rings. The Morgan fingerprint density at radius 1 is 0.960 bits per heavy atom. The number of fused-ring (bicyclic) bond motifs is 1. The molecule has 0 saturated carbocycles. The summed E-state index contributed by atoms with van der Waals surface area (Å²) < 4.78 is 28.7. The normalized spacial score (nSPS) is 22.3. The lowest BCUT2D eigenvalue weighted by atomic mass is 9.92. The highest BCUT2D eigenvalue weighted by molar-refractivity contribution is 7.89. The predicted molar refractivity (Wildman–Crippen MR) is 103 cm³/mol. The standard InChI is InChI=1S/C20H25NO2S2/c22-25(23,18-12-11-16-7-3-4-8-17(16)15-18)21-13-5-1-2-9-19(21)20-10-6-14-24-20/h6,10-12,14-15,19H,1-5,7-9,13H2. The van der Waals surface area contributed by atoms with E-state index in [0.29, 0.717) is 11.4 Å². The summed E-state index contributed by atoms with van der Waals surface area (Å²) in [5.41, 5.74) is 2.56. The van der Waals surface area contributed by atoms with Crippen LogP contribution < -0.4 is 0 Å². The summed E-state index contributed by atoms with van der Waals surface area (Å²) in [4.78, 5) is 1.65. The summed E-state index contributed by atoms with van der Waals surface area (Å²) in [7, 11) is -3.45. The van der Waals surface area contributed by atoms with Gasteiger partial charge in [0.1, 0.15) is 0 Å². The first-order chi connectivity index (χ1) is 12.2. The van der Waals surface area contributed by atoms with Crippen LogP contribution in [0.1, 0.15) is 60.6 Å². The Labute approximate surface area is 154 Å². The molecule has 1 aromatic heterocycles. The molecule has 1 aliphatic carbocycles. The van der Waals surface area contributed by atoms with Crippen molar-refractivity contribution in [3.8, 4) is 0 Å². The van der Waals surface area contributed by atoms with Gasteiger partial charge in [-0.25, -0.2) is 8.42 Å². The van der Waals surface area contributed by atoms with E-state index in [1.54, 1.807) is 15.6 Å². The number of thiophene rings is 1. The van der Waals surface area contributed by atoms with Crippen molar-refractivity contribution in [3.05, 3.63) is 51.7 Å². The van der Waals surface area contributed by atoms with E-state index in [-0.39, 0.29) is 6.04 Å². The molecule has 0 N–H and O–H groups in total. The molecular formula is C20H25NO2S2. The number of benzene rings is 1. The van der Waals surface area contributed by atoms with E-state index in [2.05, 4.69) is 6.07 Å². The molecule has 5 heteroatoms. The van der Waals surface area contributed by atoms with Crippen LogP contribution in [-0.2, 0) is 22.9 Å². The molecule has 3 nitrogen and oxygen atoms in total. The number of hydrogen-bond acceptors (Lipinski definition) is 3. The van der Waals surface area contributed by atoms with Gasteiger partial charge in [-0.15, -0.1) is 11.3 Å². The number of aryl methyl sites for hydroxylation is 2. The molecule has 2 aliphatic rings. The summed E-state index contributed by atoms with van der Waals surface area (Å²) in [6.07, 6.45) is 8.54. The summed E-state index contributed by atoms with van der Waals surface area (Å²) in [6, 6.07) is 9.91. The minimum atomic E-state index is -3.45. The Balaban J connectivity index is 1.72. The third-order valence-electron chi connectivity index (χ3n) is 5.50. The lowest BCUT2D eigenvalue weighted by Gasteiger charge is -2.29. The minimum Gasteiger partial charge on any atom is -0.207 e. The van der Waals surface area contributed by atoms with Gasteiger partial charge in [-0.1, -0.05) is 25.0 Å². The summed E-state index contributed by atoms with van der Waals surface area (Å²) >= 11 is 1.67. The van der Waals surface area contributed by atoms with E-state index < -0.39 is 10.0 Å². The van der Waals surface area contributed by atoms with Crippen molar-refractivity contribution in [2.24, 2.45) is 0 Å². The van der Waals surface area contributed by atoms with Crippen molar-refractivity contribution in [2.45, 2.75) is 62.3 Å². The van der Waals surface area contributed by atoms with Gasteiger partial charge in [0.25, 0.3) is 0 Å². The molecule has 0 bridgehead atoms. The van der Waals surface area contributed by atoms with E-state index in [4.69, 9.17) is 0 Å². The second-order valence-corrected chi connectivity index (χ2v) is 10.0. The van der Waals surface area contributed by atoms with Gasteiger partial charge < -0.3 is 0 Å². The van der Waals surface area contributed by atoms with E-state index in [1.165, 1.54) is 22.4 Å². The molecule has 1 aliphatic heterocycles. The zero-order chi connectivity index (χ0) is 17.3. The largest absolute Gasteiger partial charge is 0.243 e. The van der Waals surface area contributed by atoms with Gasteiger partial charge in [0, 0.05) is 11.4 Å². The minimum absolute atomic E-state index is 0.0106.